The molecule has 82 valence electrons. The van der Waals surface area contributed by atoms with Crippen molar-refractivity contribution in [2.75, 3.05) is 38.6 Å². The van der Waals surface area contributed by atoms with E-state index >= 15 is 0 Å². The van der Waals surface area contributed by atoms with E-state index in [1.165, 1.54) is 11.3 Å². The standard InChI is InChI=1S/C12H17ClN2/c1-14(2)7-8-15-6-5-10-3-4-11(13)9-12(10)15/h3-4,9H,5-8H2,1-2H3. The van der Waals surface area contributed by atoms with Crippen LogP contribution in [-0.2, 0) is 6.42 Å². The molecule has 1 aliphatic rings. The van der Waals surface area contributed by atoms with Gasteiger partial charge in [0.25, 0.3) is 0 Å². The second-order valence-electron chi connectivity index (χ2n) is 4.31. The average molecular weight is 225 g/mol. The summed E-state index contributed by atoms with van der Waals surface area (Å²) in [6, 6.07) is 6.21. The van der Waals surface area contributed by atoms with Crippen molar-refractivity contribution in [2.45, 2.75) is 6.42 Å². The fourth-order valence-corrected chi connectivity index (χ4v) is 2.14. The van der Waals surface area contributed by atoms with Gasteiger partial charge in [-0.15, -0.1) is 0 Å². The fourth-order valence-electron chi connectivity index (χ4n) is 1.97. The van der Waals surface area contributed by atoms with Crippen LogP contribution in [0.5, 0.6) is 0 Å². The van der Waals surface area contributed by atoms with Crippen molar-refractivity contribution in [3.8, 4) is 0 Å². The molecule has 1 aromatic carbocycles. The van der Waals surface area contributed by atoms with E-state index in [1.54, 1.807) is 0 Å². The number of anilines is 1. The van der Waals surface area contributed by atoms with Crippen LogP contribution in [0.2, 0.25) is 5.02 Å². The van der Waals surface area contributed by atoms with Crippen molar-refractivity contribution in [3.63, 3.8) is 0 Å². The Labute approximate surface area is 96.4 Å². The molecule has 0 N–H and O–H groups in total. The Morgan fingerprint density at radius 1 is 1.40 bits per heavy atom. The third-order valence-electron chi connectivity index (χ3n) is 2.86. The molecule has 0 radical (unpaired) electrons. The third-order valence-corrected chi connectivity index (χ3v) is 3.09. The minimum absolute atomic E-state index is 0.838. The molecule has 0 saturated carbocycles. The Hall–Kier alpha value is -0.730. The number of benzene rings is 1. The molecule has 0 aliphatic carbocycles. The summed E-state index contributed by atoms with van der Waals surface area (Å²) >= 11 is 6.01. The van der Waals surface area contributed by atoms with Gasteiger partial charge in [0.2, 0.25) is 0 Å². The molecule has 0 bridgehead atoms. The van der Waals surface area contributed by atoms with Gasteiger partial charge in [0, 0.05) is 30.3 Å². The van der Waals surface area contributed by atoms with Crippen molar-refractivity contribution in [2.24, 2.45) is 0 Å². The number of rotatable bonds is 3. The summed E-state index contributed by atoms with van der Waals surface area (Å²) < 4.78 is 0. The van der Waals surface area contributed by atoms with E-state index in [1.807, 2.05) is 6.07 Å². The molecular weight excluding hydrogens is 208 g/mol. The van der Waals surface area contributed by atoms with Gasteiger partial charge in [-0.25, -0.2) is 0 Å². The molecule has 2 rings (SSSR count). The zero-order valence-electron chi connectivity index (χ0n) is 9.33. The number of hydrogen-bond donors (Lipinski definition) is 0. The van der Waals surface area contributed by atoms with E-state index < -0.39 is 0 Å². The van der Waals surface area contributed by atoms with E-state index in [2.05, 4.69) is 36.0 Å². The number of nitrogens with zero attached hydrogens (tertiary/aromatic N) is 2. The van der Waals surface area contributed by atoms with Gasteiger partial charge in [0.1, 0.15) is 0 Å². The number of hydrogen-bond acceptors (Lipinski definition) is 2. The maximum Gasteiger partial charge on any atom is 0.0426 e. The molecule has 0 spiro atoms. The first-order chi connectivity index (χ1) is 7.16. The first-order valence-corrected chi connectivity index (χ1v) is 5.73. The lowest BCUT2D eigenvalue weighted by molar-refractivity contribution is 0.414. The maximum atomic E-state index is 6.01. The largest absolute Gasteiger partial charge is 0.370 e. The minimum Gasteiger partial charge on any atom is -0.370 e. The second-order valence-corrected chi connectivity index (χ2v) is 4.75. The van der Waals surface area contributed by atoms with Crippen LogP contribution < -0.4 is 4.90 Å². The fraction of sp³-hybridized carbons (Fsp3) is 0.500. The lowest BCUT2D eigenvalue weighted by Crippen LogP contribution is -2.30. The third kappa shape index (κ3) is 2.44. The highest BCUT2D eigenvalue weighted by atomic mass is 35.5. The highest BCUT2D eigenvalue weighted by Gasteiger charge is 2.18. The molecule has 0 unspecified atom stereocenters. The smallest absolute Gasteiger partial charge is 0.0426 e. The highest BCUT2D eigenvalue weighted by Crippen LogP contribution is 2.30. The van der Waals surface area contributed by atoms with E-state index in [9.17, 15) is 0 Å². The van der Waals surface area contributed by atoms with Crippen LogP contribution in [0.15, 0.2) is 18.2 Å². The zero-order valence-corrected chi connectivity index (χ0v) is 10.1. The van der Waals surface area contributed by atoms with Gasteiger partial charge in [0.05, 0.1) is 0 Å². The average Bonchev–Trinajstić information content (AvgIpc) is 2.57. The zero-order chi connectivity index (χ0) is 10.8. The lowest BCUT2D eigenvalue weighted by atomic mass is 10.2. The van der Waals surface area contributed by atoms with E-state index in [4.69, 9.17) is 11.6 Å². The molecular formula is C12H17ClN2. The lowest BCUT2D eigenvalue weighted by Gasteiger charge is -2.21. The molecule has 0 fully saturated rings. The number of fused-ring (bicyclic) bond motifs is 1. The van der Waals surface area contributed by atoms with E-state index in [-0.39, 0.29) is 0 Å². The molecule has 0 saturated heterocycles. The first kappa shape index (κ1) is 10.8. The quantitative estimate of drug-likeness (QED) is 0.777. The van der Waals surface area contributed by atoms with Gasteiger partial charge < -0.3 is 9.80 Å². The van der Waals surface area contributed by atoms with Crippen molar-refractivity contribution >= 4 is 17.3 Å². The molecule has 1 heterocycles. The van der Waals surface area contributed by atoms with Gasteiger partial charge in [-0.1, -0.05) is 17.7 Å². The van der Waals surface area contributed by atoms with Gasteiger partial charge in [-0.2, -0.15) is 0 Å². The Kier molecular flexibility index (Phi) is 3.17. The van der Waals surface area contributed by atoms with Gasteiger partial charge in [0.15, 0.2) is 0 Å². The SMILES string of the molecule is CN(C)CCN1CCc2ccc(Cl)cc21. The van der Waals surface area contributed by atoms with Crippen LogP contribution in [-0.4, -0.2) is 38.6 Å². The number of likely N-dealkylation sites (N-methyl/N-ethyl adjacent to an activating group) is 1. The summed E-state index contributed by atoms with van der Waals surface area (Å²) in [6.45, 7) is 3.30. The summed E-state index contributed by atoms with van der Waals surface area (Å²) in [5.74, 6) is 0. The monoisotopic (exact) mass is 224 g/mol. The summed E-state index contributed by atoms with van der Waals surface area (Å²) in [7, 11) is 4.21. The van der Waals surface area contributed by atoms with Crippen LogP contribution in [0.4, 0.5) is 5.69 Å². The molecule has 1 aliphatic heterocycles. The van der Waals surface area contributed by atoms with Crippen molar-refractivity contribution < 1.29 is 0 Å². The Morgan fingerprint density at radius 2 is 2.20 bits per heavy atom. The molecule has 0 amide bonds. The summed E-state index contributed by atoms with van der Waals surface area (Å²) in [5, 5.41) is 0.838. The summed E-state index contributed by atoms with van der Waals surface area (Å²) in [5.41, 5.74) is 2.75. The first-order valence-electron chi connectivity index (χ1n) is 5.35. The summed E-state index contributed by atoms with van der Waals surface area (Å²) in [6.07, 6.45) is 1.15. The van der Waals surface area contributed by atoms with Crippen molar-refractivity contribution in [1.82, 2.24) is 4.90 Å². The topological polar surface area (TPSA) is 6.48 Å². The molecule has 15 heavy (non-hydrogen) atoms. The normalized spacial score (nSPS) is 14.8. The van der Waals surface area contributed by atoms with Gasteiger partial charge in [-0.05, 0) is 38.2 Å². The van der Waals surface area contributed by atoms with Crippen LogP contribution >= 0.6 is 11.6 Å². The molecule has 2 nitrogen and oxygen atoms in total. The molecule has 0 aromatic heterocycles. The predicted molar refractivity (Wildman–Crippen MR) is 65.9 cm³/mol. The van der Waals surface area contributed by atoms with E-state index in [0.717, 1.165) is 31.1 Å². The van der Waals surface area contributed by atoms with Crippen molar-refractivity contribution in [1.29, 1.82) is 0 Å². The van der Waals surface area contributed by atoms with Crippen LogP contribution in [0.25, 0.3) is 0 Å². The highest BCUT2D eigenvalue weighted by molar-refractivity contribution is 6.30. The predicted octanol–water partition coefficient (Wildman–Crippen LogP) is 2.26. The van der Waals surface area contributed by atoms with Crippen LogP contribution in [0.3, 0.4) is 0 Å². The van der Waals surface area contributed by atoms with Gasteiger partial charge >= 0.3 is 0 Å². The molecule has 1 aromatic rings. The van der Waals surface area contributed by atoms with Crippen LogP contribution in [0.1, 0.15) is 5.56 Å². The van der Waals surface area contributed by atoms with Crippen LogP contribution in [0, 0.1) is 0 Å². The van der Waals surface area contributed by atoms with Gasteiger partial charge in [-0.3, -0.25) is 0 Å². The second kappa shape index (κ2) is 4.42. The van der Waals surface area contributed by atoms with Crippen molar-refractivity contribution in [3.05, 3.63) is 28.8 Å². The maximum absolute atomic E-state index is 6.01. The molecule has 0 atom stereocenters. The number of halogens is 1. The summed E-state index contributed by atoms with van der Waals surface area (Å²) in [4.78, 5) is 4.63. The Bertz CT molecular complexity index is 349. The molecule has 3 heteroatoms. The Morgan fingerprint density at radius 3 is 2.93 bits per heavy atom. The van der Waals surface area contributed by atoms with E-state index in [0.29, 0.717) is 0 Å². The minimum atomic E-state index is 0.838. The Balaban J connectivity index is 2.10.